The topological polar surface area (TPSA) is 21.3 Å². The number of ether oxygens (including phenoxy) is 1. The van der Waals surface area contributed by atoms with Crippen molar-refractivity contribution in [3.8, 4) is 12.3 Å². The fourth-order valence-electron chi connectivity index (χ4n) is 1.73. The van der Waals surface area contributed by atoms with E-state index in [1.54, 1.807) is 0 Å². The molecule has 0 aromatic heterocycles. The maximum atomic E-state index is 5.76. The van der Waals surface area contributed by atoms with Gasteiger partial charge in [0.2, 0.25) is 0 Å². The molecule has 15 heavy (non-hydrogen) atoms. The molecule has 2 unspecified atom stereocenters. The van der Waals surface area contributed by atoms with Crippen molar-refractivity contribution in [1.29, 1.82) is 0 Å². The molecule has 0 rings (SSSR count). The van der Waals surface area contributed by atoms with Crippen LogP contribution in [0, 0.1) is 18.3 Å². The summed E-state index contributed by atoms with van der Waals surface area (Å²) in [6, 6.07) is 0.287. The Morgan fingerprint density at radius 2 is 2.00 bits per heavy atom. The minimum absolute atomic E-state index is 0.220. The van der Waals surface area contributed by atoms with Gasteiger partial charge in [-0.2, -0.15) is 0 Å². The molecule has 0 bridgehead atoms. The average molecular weight is 211 g/mol. The highest BCUT2D eigenvalue weighted by Gasteiger charge is 2.23. The van der Waals surface area contributed by atoms with E-state index in [4.69, 9.17) is 11.2 Å². The van der Waals surface area contributed by atoms with E-state index < -0.39 is 0 Å². The maximum Gasteiger partial charge on any atom is 0.0760 e. The fourth-order valence-corrected chi connectivity index (χ4v) is 1.73. The van der Waals surface area contributed by atoms with Gasteiger partial charge >= 0.3 is 0 Å². The maximum absolute atomic E-state index is 5.76. The van der Waals surface area contributed by atoms with Gasteiger partial charge in [0, 0.05) is 19.1 Å². The predicted molar refractivity (Wildman–Crippen MR) is 65.8 cm³/mol. The molecule has 88 valence electrons. The fraction of sp³-hybridized carbons (Fsp3) is 0.846. The molecule has 0 aliphatic carbocycles. The summed E-state index contributed by atoms with van der Waals surface area (Å²) in [5.41, 5.74) is 0. The van der Waals surface area contributed by atoms with Crippen LogP contribution in [0.25, 0.3) is 0 Å². The van der Waals surface area contributed by atoms with Gasteiger partial charge in [-0.25, -0.2) is 0 Å². The van der Waals surface area contributed by atoms with Crippen LogP contribution in [-0.2, 0) is 4.74 Å². The van der Waals surface area contributed by atoms with Crippen LogP contribution in [0.15, 0.2) is 0 Å². The number of hydrogen-bond donors (Lipinski definition) is 1. The predicted octanol–water partition coefficient (Wildman–Crippen LogP) is 2.44. The first-order valence-corrected chi connectivity index (χ1v) is 5.95. The lowest BCUT2D eigenvalue weighted by Gasteiger charge is -2.29. The van der Waals surface area contributed by atoms with Gasteiger partial charge < -0.3 is 10.1 Å². The quantitative estimate of drug-likeness (QED) is 0.623. The third kappa shape index (κ3) is 5.81. The lowest BCUT2D eigenvalue weighted by atomic mass is 9.97. The van der Waals surface area contributed by atoms with Crippen LogP contribution >= 0.6 is 0 Å². The van der Waals surface area contributed by atoms with Crippen molar-refractivity contribution in [2.24, 2.45) is 5.92 Å². The number of hydrogen-bond acceptors (Lipinski definition) is 2. The van der Waals surface area contributed by atoms with Crippen LogP contribution in [0.1, 0.15) is 40.5 Å². The molecule has 2 nitrogen and oxygen atoms in total. The Bertz CT molecular complexity index is 183. The zero-order valence-electron chi connectivity index (χ0n) is 10.5. The third-order valence-corrected chi connectivity index (χ3v) is 2.41. The van der Waals surface area contributed by atoms with E-state index in [9.17, 15) is 0 Å². The van der Waals surface area contributed by atoms with Crippen LogP contribution in [0.2, 0.25) is 0 Å². The Hall–Kier alpha value is -0.520. The summed E-state index contributed by atoms with van der Waals surface area (Å²) in [5.74, 6) is 3.22. The minimum Gasteiger partial charge on any atom is -0.377 e. The SMILES string of the molecule is C#CCC(NCCC)C(OCC)C(C)C. The monoisotopic (exact) mass is 211 g/mol. The molecule has 0 fully saturated rings. The van der Waals surface area contributed by atoms with Crippen LogP contribution < -0.4 is 5.32 Å². The highest BCUT2D eigenvalue weighted by Crippen LogP contribution is 2.13. The Labute approximate surface area is 94.8 Å². The van der Waals surface area contributed by atoms with Crippen molar-refractivity contribution in [2.45, 2.75) is 52.7 Å². The first kappa shape index (κ1) is 14.5. The van der Waals surface area contributed by atoms with Gasteiger partial charge in [-0.1, -0.05) is 20.8 Å². The van der Waals surface area contributed by atoms with Gasteiger partial charge in [0.05, 0.1) is 6.10 Å². The van der Waals surface area contributed by atoms with Gasteiger partial charge in [0.15, 0.2) is 0 Å². The van der Waals surface area contributed by atoms with Crippen LogP contribution in [0.5, 0.6) is 0 Å². The zero-order chi connectivity index (χ0) is 11.7. The van der Waals surface area contributed by atoms with Gasteiger partial charge in [-0.3, -0.25) is 0 Å². The molecule has 2 atom stereocenters. The molecule has 0 heterocycles. The molecular weight excluding hydrogens is 186 g/mol. The average Bonchev–Trinajstić information content (AvgIpc) is 2.21. The molecule has 0 saturated heterocycles. The number of nitrogens with one attached hydrogen (secondary N) is 1. The smallest absolute Gasteiger partial charge is 0.0760 e. The van der Waals surface area contributed by atoms with Crippen molar-refractivity contribution < 1.29 is 4.74 Å². The molecule has 0 amide bonds. The summed E-state index contributed by atoms with van der Waals surface area (Å²) in [7, 11) is 0. The molecule has 0 aromatic rings. The largest absolute Gasteiger partial charge is 0.377 e. The second kappa shape index (κ2) is 8.76. The van der Waals surface area contributed by atoms with Crippen molar-refractivity contribution in [3.63, 3.8) is 0 Å². The third-order valence-electron chi connectivity index (χ3n) is 2.41. The summed E-state index contributed by atoms with van der Waals surface area (Å²) in [6.45, 7) is 10.3. The van der Waals surface area contributed by atoms with E-state index in [0.717, 1.165) is 26.0 Å². The molecule has 0 aliphatic heterocycles. The summed E-state index contributed by atoms with van der Waals surface area (Å²) >= 11 is 0. The molecule has 0 aromatic carbocycles. The summed E-state index contributed by atoms with van der Waals surface area (Å²) < 4.78 is 5.76. The van der Waals surface area contributed by atoms with Crippen LogP contribution in [0.4, 0.5) is 0 Å². The van der Waals surface area contributed by atoms with Crippen LogP contribution in [0.3, 0.4) is 0 Å². The normalized spacial score (nSPS) is 14.9. The van der Waals surface area contributed by atoms with Crippen LogP contribution in [-0.4, -0.2) is 25.3 Å². The number of rotatable bonds is 8. The molecule has 1 N–H and O–H groups in total. The Morgan fingerprint density at radius 3 is 2.40 bits per heavy atom. The Balaban J connectivity index is 4.31. The van der Waals surface area contributed by atoms with E-state index in [1.807, 2.05) is 6.92 Å². The lowest BCUT2D eigenvalue weighted by Crippen LogP contribution is -2.44. The van der Waals surface area contributed by atoms with Gasteiger partial charge in [0.25, 0.3) is 0 Å². The highest BCUT2D eigenvalue weighted by atomic mass is 16.5. The van der Waals surface area contributed by atoms with E-state index in [1.165, 1.54) is 0 Å². The molecule has 2 heteroatoms. The first-order valence-electron chi connectivity index (χ1n) is 5.95. The minimum atomic E-state index is 0.220. The van der Waals surface area contributed by atoms with Crippen molar-refractivity contribution in [1.82, 2.24) is 5.32 Å². The molecule has 0 aliphatic rings. The number of terminal acetylenes is 1. The van der Waals surface area contributed by atoms with Gasteiger partial charge in [-0.15, -0.1) is 12.3 Å². The van der Waals surface area contributed by atoms with E-state index >= 15 is 0 Å². The standard InChI is InChI=1S/C13H25NO/c1-6-9-12(14-10-7-2)13(11(4)5)15-8-3/h1,11-14H,7-10H2,2-5H3. The van der Waals surface area contributed by atoms with E-state index in [2.05, 4.69) is 32.0 Å². The van der Waals surface area contributed by atoms with Crippen molar-refractivity contribution >= 4 is 0 Å². The van der Waals surface area contributed by atoms with E-state index in [0.29, 0.717) is 5.92 Å². The molecule has 0 radical (unpaired) electrons. The molecular formula is C13H25NO. The molecule has 0 saturated carbocycles. The van der Waals surface area contributed by atoms with Gasteiger partial charge in [-0.05, 0) is 25.8 Å². The van der Waals surface area contributed by atoms with Gasteiger partial charge in [0.1, 0.15) is 0 Å². The second-order valence-electron chi connectivity index (χ2n) is 4.13. The Kier molecular flexibility index (Phi) is 8.46. The van der Waals surface area contributed by atoms with E-state index in [-0.39, 0.29) is 12.1 Å². The summed E-state index contributed by atoms with van der Waals surface area (Å²) in [4.78, 5) is 0. The first-order chi connectivity index (χ1) is 7.17. The zero-order valence-corrected chi connectivity index (χ0v) is 10.5. The van der Waals surface area contributed by atoms with Crippen molar-refractivity contribution in [2.75, 3.05) is 13.2 Å². The van der Waals surface area contributed by atoms with Crippen molar-refractivity contribution in [3.05, 3.63) is 0 Å². The highest BCUT2D eigenvalue weighted by molar-refractivity contribution is 4.94. The second-order valence-corrected chi connectivity index (χ2v) is 4.13. The molecule has 0 spiro atoms. The summed E-state index contributed by atoms with van der Waals surface area (Å²) in [5, 5.41) is 3.47. The summed E-state index contributed by atoms with van der Waals surface area (Å²) in [6.07, 6.45) is 7.47. The lowest BCUT2D eigenvalue weighted by molar-refractivity contribution is 0.00475. The Morgan fingerprint density at radius 1 is 1.33 bits per heavy atom.